The van der Waals surface area contributed by atoms with Crippen LogP contribution in [-0.2, 0) is 20.9 Å². The standard InChI is InChI=1S/C20H17NO7S/c1-25-20(24)18-15(8-10-29-18)21-16(22)12-28-19(23)17-13(7-9-26-17)11-27-14-5-3-2-4-6-14/h2-10H,11-12H2,1H3,(H,21,22). The van der Waals surface area contributed by atoms with Crippen molar-refractivity contribution in [2.75, 3.05) is 19.0 Å². The first-order valence-corrected chi connectivity index (χ1v) is 9.33. The number of benzene rings is 1. The number of hydrogen-bond acceptors (Lipinski definition) is 8. The average Bonchev–Trinajstić information content (AvgIpc) is 3.40. The second-order valence-corrected chi connectivity index (χ2v) is 6.57. The summed E-state index contributed by atoms with van der Waals surface area (Å²) in [5.41, 5.74) is 0.780. The molecule has 0 bridgehead atoms. The highest BCUT2D eigenvalue weighted by atomic mass is 32.1. The summed E-state index contributed by atoms with van der Waals surface area (Å²) in [6.07, 6.45) is 1.34. The van der Waals surface area contributed by atoms with Gasteiger partial charge in [0.05, 0.1) is 19.1 Å². The largest absolute Gasteiger partial charge is 0.489 e. The molecule has 1 N–H and O–H groups in total. The minimum Gasteiger partial charge on any atom is -0.489 e. The minimum atomic E-state index is -0.796. The maximum Gasteiger partial charge on any atom is 0.375 e. The highest BCUT2D eigenvalue weighted by Crippen LogP contribution is 2.23. The van der Waals surface area contributed by atoms with Gasteiger partial charge in [-0.05, 0) is 29.6 Å². The molecule has 0 saturated carbocycles. The summed E-state index contributed by atoms with van der Waals surface area (Å²) in [5, 5.41) is 4.14. The van der Waals surface area contributed by atoms with Crippen LogP contribution in [0.1, 0.15) is 25.8 Å². The van der Waals surface area contributed by atoms with Gasteiger partial charge >= 0.3 is 11.9 Å². The lowest BCUT2D eigenvalue weighted by atomic mass is 10.2. The van der Waals surface area contributed by atoms with Gasteiger partial charge in [-0.15, -0.1) is 11.3 Å². The van der Waals surface area contributed by atoms with Crippen molar-refractivity contribution in [2.45, 2.75) is 6.61 Å². The summed E-state index contributed by atoms with van der Waals surface area (Å²) in [6, 6.07) is 12.2. The Labute approximate surface area is 170 Å². The predicted molar refractivity (Wildman–Crippen MR) is 104 cm³/mol. The van der Waals surface area contributed by atoms with Crippen molar-refractivity contribution in [3.63, 3.8) is 0 Å². The van der Waals surface area contributed by atoms with Crippen LogP contribution in [0.3, 0.4) is 0 Å². The van der Waals surface area contributed by atoms with E-state index in [-0.39, 0.29) is 22.9 Å². The number of methoxy groups -OCH3 is 1. The number of carbonyl (C=O) groups is 3. The molecule has 1 amide bonds. The summed E-state index contributed by atoms with van der Waals surface area (Å²) in [4.78, 5) is 36.2. The van der Waals surface area contributed by atoms with Crippen LogP contribution in [0.4, 0.5) is 5.69 Å². The molecule has 9 heteroatoms. The van der Waals surface area contributed by atoms with Crippen LogP contribution >= 0.6 is 11.3 Å². The van der Waals surface area contributed by atoms with Crippen molar-refractivity contribution in [3.8, 4) is 5.75 Å². The van der Waals surface area contributed by atoms with E-state index >= 15 is 0 Å². The van der Waals surface area contributed by atoms with Gasteiger partial charge in [0.25, 0.3) is 5.91 Å². The zero-order valence-electron chi connectivity index (χ0n) is 15.4. The number of ether oxygens (including phenoxy) is 3. The number of esters is 2. The van der Waals surface area contributed by atoms with E-state index in [2.05, 4.69) is 10.1 Å². The highest BCUT2D eigenvalue weighted by molar-refractivity contribution is 7.12. The summed E-state index contributed by atoms with van der Waals surface area (Å²) in [7, 11) is 1.25. The average molecular weight is 415 g/mol. The monoisotopic (exact) mass is 415 g/mol. The predicted octanol–water partition coefficient (Wildman–Crippen LogP) is 3.50. The van der Waals surface area contributed by atoms with E-state index in [0.717, 1.165) is 11.3 Å². The zero-order chi connectivity index (χ0) is 20.6. The molecule has 0 fully saturated rings. The Balaban J connectivity index is 1.53. The Morgan fingerprint density at radius 3 is 2.62 bits per heavy atom. The minimum absolute atomic E-state index is 0.0421. The fraction of sp³-hybridized carbons (Fsp3) is 0.150. The molecule has 0 aliphatic heterocycles. The Morgan fingerprint density at radius 1 is 1.07 bits per heavy atom. The van der Waals surface area contributed by atoms with Crippen LogP contribution in [0.25, 0.3) is 0 Å². The number of furan rings is 1. The summed E-state index contributed by atoms with van der Waals surface area (Å²) >= 11 is 1.13. The Kier molecular flexibility index (Phi) is 6.64. The van der Waals surface area contributed by atoms with Gasteiger partial charge in [-0.1, -0.05) is 18.2 Å². The van der Waals surface area contributed by atoms with E-state index in [1.807, 2.05) is 18.2 Å². The highest BCUT2D eigenvalue weighted by Gasteiger charge is 2.20. The number of amides is 1. The van der Waals surface area contributed by atoms with Gasteiger partial charge in [-0.2, -0.15) is 0 Å². The van der Waals surface area contributed by atoms with Crippen LogP contribution in [0, 0.1) is 0 Å². The SMILES string of the molecule is COC(=O)c1sccc1NC(=O)COC(=O)c1occc1COc1ccccc1. The Morgan fingerprint density at radius 2 is 1.86 bits per heavy atom. The van der Waals surface area contributed by atoms with Crippen LogP contribution in [-0.4, -0.2) is 31.6 Å². The molecule has 2 aromatic heterocycles. The van der Waals surface area contributed by atoms with Crippen molar-refractivity contribution in [3.05, 3.63) is 70.3 Å². The number of carbonyl (C=O) groups excluding carboxylic acids is 3. The third-order valence-electron chi connectivity index (χ3n) is 3.71. The fourth-order valence-electron chi connectivity index (χ4n) is 2.35. The van der Waals surface area contributed by atoms with E-state index in [4.69, 9.17) is 13.9 Å². The first-order valence-electron chi connectivity index (χ1n) is 8.45. The molecular formula is C20H17NO7S. The summed E-state index contributed by atoms with van der Waals surface area (Å²) < 4.78 is 20.4. The number of para-hydroxylation sites is 1. The van der Waals surface area contributed by atoms with Gasteiger partial charge in [0.1, 0.15) is 17.2 Å². The lowest BCUT2D eigenvalue weighted by molar-refractivity contribution is -0.119. The molecule has 0 unspecified atom stereocenters. The molecule has 0 aliphatic carbocycles. The van der Waals surface area contributed by atoms with E-state index in [1.54, 1.807) is 29.6 Å². The van der Waals surface area contributed by atoms with Gasteiger partial charge < -0.3 is 23.9 Å². The first kappa shape index (κ1) is 20.2. The van der Waals surface area contributed by atoms with Crippen molar-refractivity contribution in [2.24, 2.45) is 0 Å². The van der Waals surface area contributed by atoms with Crippen LogP contribution in [0.5, 0.6) is 5.75 Å². The second kappa shape index (κ2) is 9.56. The van der Waals surface area contributed by atoms with Crippen LogP contribution in [0.2, 0.25) is 0 Å². The normalized spacial score (nSPS) is 10.2. The topological polar surface area (TPSA) is 104 Å². The molecule has 29 heavy (non-hydrogen) atoms. The van der Waals surface area contributed by atoms with E-state index in [1.165, 1.54) is 13.4 Å². The van der Waals surface area contributed by atoms with Crippen molar-refractivity contribution in [1.82, 2.24) is 0 Å². The van der Waals surface area contributed by atoms with Gasteiger partial charge in [0.2, 0.25) is 5.76 Å². The van der Waals surface area contributed by atoms with E-state index in [9.17, 15) is 14.4 Å². The Hall–Kier alpha value is -3.59. The number of rotatable bonds is 8. The van der Waals surface area contributed by atoms with Gasteiger partial charge in [-0.25, -0.2) is 9.59 Å². The third-order valence-corrected chi connectivity index (χ3v) is 4.61. The van der Waals surface area contributed by atoms with Crippen molar-refractivity contribution in [1.29, 1.82) is 0 Å². The third kappa shape index (κ3) is 5.23. The lowest BCUT2D eigenvalue weighted by Gasteiger charge is -2.08. The zero-order valence-corrected chi connectivity index (χ0v) is 16.2. The molecule has 2 heterocycles. The molecule has 0 spiro atoms. The fourth-order valence-corrected chi connectivity index (χ4v) is 3.11. The van der Waals surface area contributed by atoms with Crippen LogP contribution in [0.15, 0.2) is 58.5 Å². The molecule has 0 aliphatic rings. The van der Waals surface area contributed by atoms with E-state index in [0.29, 0.717) is 11.3 Å². The Bertz CT molecular complexity index is 993. The number of nitrogens with one attached hydrogen (secondary N) is 1. The molecule has 8 nitrogen and oxygen atoms in total. The molecular weight excluding hydrogens is 398 g/mol. The molecule has 1 aromatic carbocycles. The van der Waals surface area contributed by atoms with Crippen molar-refractivity contribution < 1.29 is 33.0 Å². The number of hydrogen-bond donors (Lipinski definition) is 1. The molecule has 3 aromatic rings. The maximum absolute atomic E-state index is 12.2. The van der Waals surface area contributed by atoms with Gasteiger partial charge in [-0.3, -0.25) is 4.79 Å². The molecule has 150 valence electrons. The molecule has 0 atom stereocenters. The van der Waals surface area contributed by atoms with Crippen LogP contribution < -0.4 is 10.1 Å². The molecule has 3 rings (SSSR count). The smallest absolute Gasteiger partial charge is 0.375 e. The number of anilines is 1. The molecule has 0 radical (unpaired) electrons. The van der Waals surface area contributed by atoms with Crippen molar-refractivity contribution >= 4 is 34.9 Å². The second-order valence-electron chi connectivity index (χ2n) is 5.66. The quantitative estimate of drug-likeness (QED) is 0.562. The number of thiophene rings is 1. The van der Waals surface area contributed by atoms with Gasteiger partial charge in [0, 0.05) is 5.56 Å². The maximum atomic E-state index is 12.2. The lowest BCUT2D eigenvalue weighted by Crippen LogP contribution is -2.22. The molecule has 0 saturated heterocycles. The van der Waals surface area contributed by atoms with Gasteiger partial charge in [0.15, 0.2) is 6.61 Å². The summed E-state index contributed by atoms with van der Waals surface area (Å²) in [5.74, 6) is -1.36. The first-order chi connectivity index (χ1) is 14.1. The van der Waals surface area contributed by atoms with E-state index < -0.39 is 24.5 Å². The summed E-state index contributed by atoms with van der Waals surface area (Å²) in [6.45, 7) is -0.441.